The molecule has 1 aromatic heterocycles. The molecule has 0 unspecified atom stereocenters. The van der Waals surface area contributed by atoms with E-state index in [0.29, 0.717) is 47.8 Å². The number of hydrogen-bond donors (Lipinski definition) is 0. The van der Waals surface area contributed by atoms with E-state index in [2.05, 4.69) is 16.7 Å². The molecule has 4 aromatic rings. The van der Waals surface area contributed by atoms with Crippen molar-refractivity contribution in [2.75, 3.05) is 32.3 Å². The summed E-state index contributed by atoms with van der Waals surface area (Å²) in [6, 6.07) is 23.1. The Bertz CT molecular complexity index is 1510. The lowest BCUT2D eigenvalue weighted by Crippen LogP contribution is -2.31. The molecule has 1 saturated heterocycles. The Labute approximate surface area is 227 Å². The Morgan fingerprint density at radius 3 is 2.37 bits per heavy atom. The highest BCUT2D eigenvalue weighted by molar-refractivity contribution is 7.80. The molecule has 38 heavy (non-hydrogen) atoms. The summed E-state index contributed by atoms with van der Waals surface area (Å²) in [6.45, 7) is 3.60. The van der Waals surface area contributed by atoms with Crippen LogP contribution in [0.15, 0.2) is 84.7 Å². The minimum atomic E-state index is -0.169. The molecule has 1 fully saturated rings. The molecule has 0 spiro atoms. The number of anilines is 1. The summed E-state index contributed by atoms with van der Waals surface area (Å²) < 4.78 is 19.1. The third kappa shape index (κ3) is 4.82. The molecule has 8 heteroatoms. The molecular weight excluding hydrogens is 498 g/mol. The quantitative estimate of drug-likeness (QED) is 0.205. The molecule has 0 aliphatic carbocycles. The number of likely N-dealkylation sites (N-methyl/N-ethyl adjacent to an activating group) is 1. The van der Waals surface area contributed by atoms with Gasteiger partial charge >= 0.3 is 0 Å². The first-order chi connectivity index (χ1) is 18.5. The molecule has 3 aromatic carbocycles. The molecule has 0 radical (unpaired) electrons. The van der Waals surface area contributed by atoms with Crippen LogP contribution >= 0.6 is 12.2 Å². The van der Waals surface area contributed by atoms with Gasteiger partial charge in [-0.25, -0.2) is 0 Å². The summed E-state index contributed by atoms with van der Waals surface area (Å²) in [7, 11) is 3.45. The molecule has 2 heterocycles. The number of amides is 1. The predicted molar refractivity (Wildman–Crippen MR) is 154 cm³/mol. The molecule has 1 aliphatic rings. The predicted octanol–water partition coefficient (Wildman–Crippen LogP) is 5.73. The van der Waals surface area contributed by atoms with Crippen molar-refractivity contribution in [3.05, 3.63) is 90.3 Å². The first-order valence-electron chi connectivity index (χ1n) is 12.4. The van der Waals surface area contributed by atoms with Gasteiger partial charge in [0.25, 0.3) is 5.91 Å². The highest BCUT2D eigenvalue weighted by Crippen LogP contribution is 2.31. The second-order valence-corrected chi connectivity index (χ2v) is 9.10. The van der Waals surface area contributed by atoms with Crippen LogP contribution < -0.4 is 19.1 Å². The van der Waals surface area contributed by atoms with Crippen molar-refractivity contribution in [3.8, 4) is 17.2 Å². The zero-order valence-electron chi connectivity index (χ0n) is 21.6. The number of carbonyl (C=O) groups is 1. The van der Waals surface area contributed by atoms with Gasteiger partial charge < -0.3 is 23.7 Å². The molecule has 7 nitrogen and oxygen atoms in total. The molecule has 1 amide bonds. The summed E-state index contributed by atoms with van der Waals surface area (Å²) in [5, 5.41) is 1.48. The SMILES string of the molecule is CCOc1ccc(N2C(=O)/C(=C/c3cn(CCOc4ccccc4OC)c4ccccc34)N(C)C2=S)cc1. The number of carbonyl (C=O) groups excluding carboxylic acids is 1. The van der Waals surface area contributed by atoms with Crippen LogP contribution in [0.1, 0.15) is 12.5 Å². The highest BCUT2D eigenvalue weighted by atomic mass is 32.1. The van der Waals surface area contributed by atoms with E-state index >= 15 is 0 Å². The van der Waals surface area contributed by atoms with Gasteiger partial charge in [-0.05, 0) is 67.7 Å². The number of methoxy groups -OCH3 is 1. The van der Waals surface area contributed by atoms with Crippen molar-refractivity contribution in [1.29, 1.82) is 0 Å². The summed E-state index contributed by atoms with van der Waals surface area (Å²) in [5.74, 6) is 1.99. The van der Waals surface area contributed by atoms with E-state index in [4.69, 9.17) is 26.4 Å². The lowest BCUT2D eigenvalue weighted by atomic mass is 10.1. The molecule has 194 valence electrons. The largest absolute Gasteiger partial charge is 0.494 e. The minimum absolute atomic E-state index is 0.169. The molecular formula is C30H29N3O4S. The number of hydrogen-bond acceptors (Lipinski definition) is 5. The summed E-state index contributed by atoms with van der Waals surface area (Å²) in [6.07, 6.45) is 3.95. The smallest absolute Gasteiger partial charge is 0.281 e. The van der Waals surface area contributed by atoms with E-state index in [1.165, 1.54) is 0 Å². The van der Waals surface area contributed by atoms with Crippen LogP contribution in [0.5, 0.6) is 17.2 Å². The van der Waals surface area contributed by atoms with E-state index in [9.17, 15) is 4.79 Å². The fraction of sp³-hybridized carbons (Fsp3) is 0.200. The van der Waals surface area contributed by atoms with Gasteiger partial charge in [0.15, 0.2) is 16.6 Å². The molecule has 0 saturated carbocycles. The maximum Gasteiger partial charge on any atom is 0.281 e. The zero-order chi connectivity index (χ0) is 26.6. The highest BCUT2D eigenvalue weighted by Gasteiger charge is 2.37. The number of benzene rings is 3. The van der Waals surface area contributed by atoms with Crippen molar-refractivity contribution >= 4 is 45.9 Å². The monoisotopic (exact) mass is 527 g/mol. The number of nitrogens with zero attached hydrogens (tertiary/aromatic N) is 3. The van der Waals surface area contributed by atoms with E-state index < -0.39 is 0 Å². The van der Waals surface area contributed by atoms with Gasteiger partial charge in [-0.15, -0.1) is 0 Å². The van der Waals surface area contributed by atoms with Crippen molar-refractivity contribution in [2.24, 2.45) is 0 Å². The second-order valence-electron chi connectivity index (χ2n) is 8.73. The summed E-state index contributed by atoms with van der Waals surface area (Å²) >= 11 is 5.65. The maximum atomic E-state index is 13.5. The Hall–Kier alpha value is -4.30. The van der Waals surface area contributed by atoms with Crippen molar-refractivity contribution in [3.63, 3.8) is 0 Å². The zero-order valence-corrected chi connectivity index (χ0v) is 22.4. The average Bonchev–Trinajstić information content (AvgIpc) is 3.39. The van der Waals surface area contributed by atoms with E-state index in [1.807, 2.05) is 86.9 Å². The van der Waals surface area contributed by atoms with Crippen molar-refractivity contribution < 1.29 is 19.0 Å². The third-order valence-corrected chi connectivity index (χ3v) is 6.89. The van der Waals surface area contributed by atoms with Gasteiger partial charge in [0.05, 0.1) is 25.9 Å². The van der Waals surface area contributed by atoms with E-state index in [0.717, 1.165) is 22.2 Å². The molecule has 0 N–H and O–H groups in total. The lowest BCUT2D eigenvalue weighted by Gasteiger charge is -2.16. The normalized spacial score (nSPS) is 14.6. The molecule has 1 aliphatic heterocycles. The van der Waals surface area contributed by atoms with Gasteiger partial charge in [-0.3, -0.25) is 9.69 Å². The topological polar surface area (TPSA) is 56.2 Å². The fourth-order valence-corrected chi connectivity index (χ4v) is 4.84. The number of ether oxygens (including phenoxy) is 3. The summed E-state index contributed by atoms with van der Waals surface area (Å²) in [4.78, 5) is 16.8. The lowest BCUT2D eigenvalue weighted by molar-refractivity contribution is -0.114. The number of aromatic nitrogens is 1. The van der Waals surface area contributed by atoms with Gasteiger partial charge in [0, 0.05) is 29.7 Å². The van der Waals surface area contributed by atoms with Crippen molar-refractivity contribution in [2.45, 2.75) is 13.5 Å². The van der Waals surface area contributed by atoms with Gasteiger partial charge in [-0.1, -0.05) is 30.3 Å². The van der Waals surface area contributed by atoms with Crippen LogP contribution in [0.3, 0.4) is 0 Å². The van der Waals surface area contributed by atoms with Crippen LogP contribution in [-0.4, -0.2) is 47.9 Å². The molecule has 0 atom stereocenters. The Morgan fingerprint density at radius 2 is 1.63 bits per heavy atom. The summed E-state index contributed by atoms with van der Waals surface area (Å²) in [5.41, 5.74) is 3.21. The Morgan fingerprint density at radius 1 is 0.921 bits per heavy atom. The fourth-order valence-electron chi connectivity index (χ4n) is 4.56. The van der Waals surface area contributed by atoms with Crippen LogP contribution in [0.2, 0.25) is 0 Å². The van der Waals surface area contributed by atoms with Crippen molar-refractivity contribution in [1.82, 2.24) is 9.47 Å². The Kier molecular flexibility index (Phi) is 7.33. The Balaban J connectivity index is 1.41. The van der Waals surface area contributed by atoms with E-state index in [1.54, 1.807) is 16.9 Å². The van der Waals surface area contributed by atoms with Gasteiger partial charge in [-0.2, -0.15) is 0 Å². The first kappa shape index (κ1) is 25.4. The van der Waals surface area contributed by atoms with Crippen LogP contribution in [-0.2, 0) is 11.3 Å². The standard InChI is InChI=1S/C30H29N3O4S/c1-4-36-23-15-13-22(14-16-23)33-29(34)26(31(2)30(33)38)19-21-20-32(25-10-6-5-9-24(21)25)17-18-37-28-12-8-7-11-27(28)35-3/h5-16,19-20H,4,17-18H2,1-3H3/b26-19-. The second kappa shape index (κ2) is 11.0. The number of thiocarbonyl (C=S) groups is 1. The van der Waals surface area contributed by atoms with Crippen LogP contribution in [0, 0.1) is 0 Å². The third-order valence-electron chi connectivity index (χ3n) is 6.44. The number of fused-ring (bicyclic) bond motifs is 1. The first-order valence-corrected chi connectivity index (χ1v) is 12.8. The van der Waals surface area contributed by atoms with Gasteiger partial charge in [0.1, 0.15) is 18.1 Å². The molecule has 5 rings (SSSR count). The number of para-hydroxylation sites is 3. The van der Waals surface area contributed by atoms with Gasteiger partial charge in [0.2, 0.25) is 0 Å². The minimum Gasteiger partial charge on any atom is -0.494 e. The molecule has 0 bridgehead atoms. The van der Waals surface area contributed by atoms with Crippen LogP contribution in [0.25, 0.3) is 17.0 Å². The van der Waals surface area contributed by atoms with Crippen LogP contribution in [0.4, 0.5) is 5.69 Å². The number of rotatable bonds is 9. The van der Waals surface area contributed by atoms with E-state index in [-0.39, 0.29) is 5.91 Å². The average molecular weight is 528 g/mol. The maximum absolute atomic E-state index is 13.5.